The highest BCUT2D eigenvalue weighted by atomic mass is 19.1. The molecule has 0 unspecified atom stereocenters. The predicted molar refractivity (Wildman–Crippen MR) is 116 cm³/mol. The average molecular weight is 453 g/mol. The SMILES string of the molecule is CCOC(=O)C1=C(C)N(CC(=O)Nc2cc(F)cc(F)c2)c2ncnn2[C@@H]1c1ccccc1. The Bertz CT molecular complexity index is 1210. The van der Waals surface area contributed by atoms with Gasteiger partial charge in [-0.1, -0.05) is 30.3 Å². The minimum atomic E-state index is -0.811. The van der Waals surface area contributed by atoms with Crippen molar-refractivity contribution in [3.8, 4) is 0 Å². The van der Waals surface area contributed by atoms with Gasteiger partial charge in [0.2, 0.25) is 11.9 Å². The molecule has 170 valence electrons. The third kappa shape index (κ3) is 4.45. The second-order valence-corrected chi connectivity index (χ2v) is 7.33. The van der Waals surface area contributed by atoms with Crippen molar-refractivity contribution in [3.05, 3.63) is 83.3 Å². The zero-order chi connectivity index (χ0) is 23.5. The normalized spacial score (nSPS) is 15.3. The molecular formula is C23H21F2N5O3. The molecule has 1 atom stereocenters. The summed E-state index contributed by atoms with van der Waals surface area (Å²) in [7, 11) is 0. The monoisotopic (exact) mass is 453 g/mol. The summed E-state index contributed by atoms with van der Waals surface area (Å²) in [4.78, 5) is 31.5. The van der Waals surface area contributed by atoms with Crippen molar-refractivity contribution in [2.24, 2.45) is 0 Å². The number of hydrogen-bond donors (Lipinski definition) is 1. The van der Waals surface area contributed by atoms with E-state index in [9.17, 15) is 18.4 Å². The Morgan fingerprint density at radius 1 is 1.12 bits per heavy atom. The van der Waals surface area contributed by atoms with Crippen LogP contribution >= 0.6 is 0 Å². The Morgan fingerprint density at radius 3 is 2.48 bits per heavy atom. The Labute approximate surface area is 188 Å². The number of anilines is 2. The molecule has 0 radical (unpaired) electrons. The van der Waals surface area contributed by atoms with Gasteiger partial charge in [-0.3, -0.25) is 4.79 Å². The summed E-state index contributed by atoms with van der Waals surface area (Å²) < 4.78 is 33.8. The number of ether oxygens (including phenoxy) is 1. The molecule has 1 aliphatic rings. The van der Waals surface area contributed by atoms with Gasteiger partial charge in [0.05, 0.1) is 12.2 Å². The maximum atomic E-state index is 13.5. The fourth-order valence-corrected chi connectivity index (χ4v) is 3.81. The molecule has 3 aromatic rings. The van der Waals surface area contributed by atoms with E-state index in [0.717, 1.165) is 17.7 Å². The fourth-order valence-electron chi connectivity index (χ4n) is 3.81. The molecule has 0 fully saturated rings. The number of halogens is 2. The molecular weight excluding hydrogens is 432 g/mol. The van der Waals surface area contributed by atoms with Crippen LogP contribution in [0.3, 0.4) is 0 Å². The standard InChI is InChI=1S/C23H21F2N5O3/c1-3-33-22(32)20-14(2)29(12-19(31)28-18-10-16(24)9-17(25)11-18)23-26-13-27-30(23)21(20)15-7-5-4-6-8-15/h4-11,13,21H,3,12H2,1-2H3,(H,28,31)/t21-/m1/s1. The first-order valence-corrected chi connectivity index (χ1v) is 10.2. The molecule has 4 rings (SSSR count). The van der Waals surface area contributed by atoms with Crippen molar-refractivity contribution in [1.82, 2.24) is 14.8 Å². The molecule has 0 saturated carbocycles. The Hall–Kier alpha value is -4.08. The highest BCUT2D eigenvalue weighted by Gasteiger charge is 2.38. The van der Waals surface area contributed by atoms with Gasteiger partial charge >= 0.3 is 5.97 Å². The van der Waals surface area contributed by atoms with E-state index < -0.39 is 29.6 Å². The number of nitrogens with zero attached hydrogens (tertiary/aromatic N) is 4. The second kappa shape index (κ2) is 9.19. The van der Waals surface area contributed by atoms with Crippen molar-refractivity contribution < 1.29 is 23.1 Å². The smallest absolute Gasteiger partial charge is 0.338 e. The molecule has 1 aromatic heterocycles. The molecule has 1 amide bonds. The van der Waals surface area contributed by atoms with Gasteiger partial charge in [0.1, 0.15) is 30.5 Å². The number of amides is 1. The summed E-state index contributed by atoms with van der Waals surface area (Å²) in [5.41, 5.74) is 1.55. The van der Waals surface area contributed by atoms with Crippen LogP contribution in [0.25, 0.3) is 0 Å². The van der Waals surface area contributed by atoms with E-state index in [0.29, 0.717) is 23.3 Å². The van der Waals surface area contributed by atoms with Gasteiger partial charge in [0.25, 0.3) is 0 Å². The number of nitrogens with one attached hydrogen (secondary N) is 1. The zero-order valence-corrected chi connectivity index (χ0v) is 18.0. The summed E-state index contributed by atoms with van der Waals surface area (Å²) in [5.74, 6) is -2.38. The number of benzene rings is 2. The first-order chi connectivity index (χ1) is 15.9. The van der Waals surface area contributed by atoms with Crippen LogP contribution in [0.15, 0.2) is 66.1 Å². The summed E-state index contributed by atoms with van der Waals surface area (Å²) in [6.45, 7) is 3.30. The van der Waals surface area contributed by atoms with E-state index in [4.69, 9.17) is 4.74 Å². The average Bonchev–Trinajstić information content (AvgIpc) is 3.24. The van der Waals surface area contributed by atoms with Crippen molar-refractivity contribution in [3.63, 3.8) is 0 Å². The zero-order valence-electron chi connectivity index (χ0n) is 18.0. The Kier molecular flexibility index (Phi) is 6.16. The van der Waals surface area contributed by atoms with E-state index in [1.807, 2.05) is 30.3 Å². The minimum absolute atomic E-state index is 0.0228. The number of rotatable bonds is 6. The molecule has 1 N–H and O–H groups in total. The molecule has 0 bridgehead atoms. The molecule has 0 aliphatic carbocycles. The molecule has 33 heavy (non-hydrogen) atoms. The number of fused-ring (bicyclic) bond motifs is 1. The fraction of sp³-hybridized carbons (Fsp3) is 0.217. The lowest BCUT2D eigenvalue weighted by molar-refractivity contribution is -0.139. The molecule has 1 aliphatic heterocycles. The molecule has 2 aromatic carbocycles. The molecule has 0 spiro atoms. The maximum absolute atomic E-state index is 13.5. The van der Waals surface area contributed by atoms with Gasteiger partial charge < -0.3 is 15.0 Å². The third-order valence-corrected chi connectivity index (χ3v) is 5.17. The predicted octanol–water partition coefficient (Wildman–Crippen LogP) is 3.44. The van der Waals surface area contributed by atoms with E-state index in [1.165, 1.54) is 11.2 Å². The van der Waals surface area contributed by atoms with Gasteiger partial charge in [-0.15, -0.1) is 0 Å². The summed E-state index contributed by atoms with van der Waals surface area (Å²) >= 11 is 0. The van der Waals surface area contributed by atoms with E-state index in [1.54, 1.807) is 18.5 Å². The first-order valence-electron chi connectivity index (χ1n) is 10.2. The third-order valence-electron chi connectivity index (χ3n) is 5.17. The number of allylic oxidation sites excluding steroid dienone is 1. The summed E-state index contributed by atoms with van der Waals surface area (Å²) in [6.07, 6.45) is 1.33. The Morgan fingerprint density at radius 2 is 1.82 bits per heavy atom. The van der Waals surface area contributed by atoms with Crippen LogP contribution in [-0.4, -0.2) is 39.8 Å². The van der Waals surface area contributed by atoms with Gasteiger partial charge in [-0.05, 0) is 31.5 Å². The van der Waals surface area contributed by atoms with Gasteiger partial charge in [-0.2, -0.15) is 10.1 Å². The van der Waals surface area contributed by atoms with Crippen LogP contribution < -0.4 is 10.2 Å². The second-order valence-electron chi connectivity index (χ2n) is 7.33. The topological polar surface area (TPSA) is 89.3 Å². The highest BCUT2D eigenvalue weighted by Crippen LogP contribution is 2.38. The van der Waals surface area contributed by atoms with Crippen LogP contribution in [-0.2, 0) is 14.3 Å². The minimum Gasteiger partial charge on any atom is -0.463 e. The largest absolute Gasteiger partial charge is 0.463 e. The number of hydrogen-bond acceptors (Lipinski definition) is 6. The van der Waals surface area contributed by atoms with Crippen molar-refractivity contribution in [2.45, 2.75) is 19.9 Å². The molecule has 2 heterocycles. The van der Waals surface area contributed by atoms with Crippen molar-refractivity contribution in [1.29, 1.82) is 0 Å². The quantitative estimate of drug-likeness (QED) is 0.575. The number of aromatic nitrogens is 3. The van der Waals surface area contributed by atoms with Crippen molar-refractivity contribution in [2.75, 3.05) is 23.4 Å². The maximum Gasteiger partial charge on any atom is 0.338 e. The molecule has 0 saturated heterocycles. The van der Waals surface area contributed by atoms with Crippen LogP contribution in [0.2, 0.25) is 0 Å². The van der Waals surface area contributed by atoms with E-state index in [-0.39, 0.29) is 18.8 Å². The summed E-state index contributed by atoms with van der Waals surface area (Å²) in [6, 6.07) is 11.4. The van der Waals surface area contributed by atoms with Crippen LogP contribution in [0.4, 0.5) is 20.4 Å². The molecule has 8 nitrogen and oxygen atoms in total. The lowest BCUT2D eigenvalue weighted by Gasteiger charge is -2.35. The first kappa shape index (κ1) is 22.1. The van der Waals surface area contributed by atoms with Gasteiger partial charge in [0, 0.05) is 17.5 Å². The number of carbonyl (C=O) groups is 2. The van der Waals surface area contributed by atoms with Crippen LogP contribution in [0.5, 0.6) is 0 Å². The lowest BCUT2D eigenvalue weighted by atomic mass is 9.95. The lowest BCUT2D eigenvalue weighted by Crippen LogP contribution is -2.40. The van der Waals surface area contributed by atoms with Crippen LogP contribution in [0.1, 0.15) is 25.5 Å². The Balaban J connectivity index is 1.71. The molecule has 10 heteroatoms. The van der Waals surface area contributed by atoms with E-state index in [2.05, 4.69) is 15.4 Å². The highest BCUT2D eigenvalue weighted by molar-refractivity contribution is 5.96. The van der Waals surface area contributed by atoms with Gasteiger partial charge in [-0.25, -0.2) is 18.3 Å². The van der Waals surface area contributed by atoms with Crippen LogP contribution in [0, 0.1) is 11.6 Å². The summed E-state index contributed by atoms with van der Waals surface area (Å²) in [5, 5.41) is 6.77. The van der Waals surface area contributed by atoms with E-state index >= 15 is 0 Å². The van der Waals surface area contributed by atoms with Crippen molar-refractivity contribution >= 4 is 23.5 Å². The number of carbonyl (C=O) groups excluding carboxylic acids is 2. The number of esters is 1. The van der Waals surface area contributed by atoms with Gasteiger partial charge in [0.15, 0.2) is 0 Å².